The number of hydrogen-bond donors (Lipinski definition) is 1. The molecule has 0 spiro atoms. The number of nitrogens with one attached hydrogen (secondary N) is 1. The van der Waals surface area contributed by atoms with E-state index in [4.69, 9.17) is 11.6 Å². The lowest BCUT2D eigenvalue weighted by atomic mass is 10.2. The number of fused-ring (bicyclic) bond motifs is 1. The van der Waals surface area contributed by atoms with Crippen molar-refractivity contribution in [3.8, 4) is 0 Å². The summed E-state index contributed by atoms with van der Waals surface area (Å²) in [4.78, 5) is 28.6. The molecular formula is C15H12ClF3N6O2. The van der Waals surface area contributed by atoms with Gasteiger partial charge in [-0.05, 0) is 25.1 Å². The second kappa shape index (κ2) is 6.99. The van der Waals surface area contributed by atoms with Gasteiger partial charge in [0.2, 0.25) is 5.91 Å². The summed E-state index contributed by atoms with van der Waals surface area (Å²) < 4.78 is 40.8. The minimum atomic E-state index is -4.58. The van der Waals surface area contributed by atoms with E-state index in [2.05, 4.69) is 20.6 Å². The van der Waals surface area contributed by atoms with E-state index in [9.17, 15) is 22.8 Å². The van der Waals surface area contributed by atoms with Gasteiger partial charge in [0.1, 0.15) is 12.9 Å². The molecule has 0 aliphatic heterocycles. The van der Waals surface area contributed by atoms with Crippen LogP contribution in [0.15, 0.2) is 29.3 Å². The maximum atomic E-state index is 12.8. The fourth-order valence-electron chi connectivity index (χ4n) is 2.35. The van der Waals surface area contributed by atoms with Crippen molar-refractivity contribution in [1.82, 2.24) is 24.5 Å². The Bertz CT molecular complexity index is 1080. The lowest BCUT2D eigenvalue weighted by molar-refractivity contribution is -0.137. The number of aromatic nitrogens is 5. The molecule has 0 fully saturated rings. The molecular weight excluding hydrogens is 389 g/mol. The average molecular weight is 401 g/mol. The Kier molecular flexibility index (Phi) is 4.87. The summed E-state index contributed by atoms with van der Waals surface area (Å²) in [6.45, 7) is 1.78. The second-order valence-corrected chi connectivity index (χ2v) is 5.90. The van der Waals surface area contributed by atoms with Crippen LogP contribution in [-0.2, 0) is 24.1 Å². The van der Waals surface area contributed by atoms with Crippen molar-refractivity contribution in [3.05, 3.63) is 45.5 Å². The van der Waals surface area contributed by atoms with Gasteiger partial charge in [-0.25, -0.2) is 9.67 Å². The van der Waals surface area contributed by atoms with Crippen LogP contribution in [-0.4, -0.2) is 30.5 Å². The fourth-order valence-corrected chi connectivity index (χ4v) is 2.52. The summed E-state index contributed by atoms with van der Waals surface area (Å²) >= 11 is 5.84. The SMILES string of the molecule is CCn1nnc2c(=O)n(CC(=O)Nc3cc(C(F)(F)F)ccc3Cl)cnc21. The van der Waals surface area contributed by atoms with Crippen LogP contribution in [0.4, 0.5) is 18.9 Å². The highest BCUT2D eigenvalue weighted by atomic mass is 35.5. The molecule has 1 aromatic carbocycles. The predicted octanol–water partition coefficient (Wildman–Crippen LogP) is 2.32. The molecule has 2 aromatic heterocycles. The Morgan fingerprint density at radius 3 is 2.74 bits per heavy atom. The van der Waals surface area contributed by atoms with Crippen molar-refractivity contribution in [2.45, 2.75) is 26.2 Å². The maximum absolute atomic E-state index is 12.8. The molecule has 0 unspecified atom stereocenters. The van der Waals surface area contributed by atoms with E-state index >= 15 is 0 Å². The number of carbonyl (C=O) groups is 1. The summed E-state index contributed by atoms with van der Waals surface area (Å²) in [5.41, 5.74) is -1.50. The van der Waals surface area contributed by atoms with Crippen LogP contribution in [0.2, 0.25) is 5.02 Å². The molecule has 27 heavy (non-hydrogen) atoms. The molecule has 0 saturated heterocycles. The van der Waals surface area contributed by atoms with Crippen LogP contribution in [0, 0.1) is 0 Å². The first kappa shape index (κ1) is 18.8. The van der Waals surface area contributed by atoms with E-state index in [0.717, 1.165) is 29.1 Å². The van der Waals surface area contributed by atoms with Gasteiger partial charge in [-0.1, -0.05) is 16.8 Å². The van der Waals surface area contributed by atoms with E-state index in [1.165, 1.54) is 4.68 Å². The zero-order valence-corrected chi connectivity index (χ0v) is 14.5. The Morgan fingerprint density at radius 1 is 1.33 bits per heavy atom. The fraction of sp³-hybridized carbons (Fsp3) is 0.267. The van der Waals surface area contributed by atoms with Gasteiger partial charge in [-0.2, -0.15) is 13.2 Å². The number of aryl methyl sites for hydroxylation is 1. The molecule has 2 heterocycles. The maximum Gasteiger partial charge on any atom is 0.416 e. The third-order valence-electron chi connectivity index (χ3n) is 3.67. The highest BCUT2D eigenvalue weighted by Gasteiger charge is 2.31. The molecule has 142 valence electrons. The molecule has 1 amide bonds. The Morgan fingerprint density at radius 2 is 2.07 bits per heavy atom. The number of halogens is 4. The van der Waals surface area contributed by atoms with Crippen LogP contribution in [0.1, 0.15) is 12.5 Å². The topological polar surface area (TPSA) is 94.7 Å². The molecule has 3 rings (SSSR count). The number of hydrogen-bond acceptors (Lipinski definition) is 5. The summed E-state index contributed by atoms with van der Waals surface area (Å²) in [6.07, 6.45) is -3.44. The number of anilines is 1. The van der Waals surface area contributed by atoms with Crippen molar-refractivity contribution >= 4 is 34.4 Å². The smallest absolute Gasteiger partial charge is 0.323 e. The first-order chi connectivity index (χ1) is 12.7. The van der Waals surface area contributed by atoms with E-state index < -0.39 is 29.8 Å². The molecule has 8 nitrogen and oxygen atoms in total. The summed E-state index contributed by atoms with van der Waals surface area (Å²) in [5.74, 6) is -0.748. The molecule has 0 bridgehead atoms. The van der Waals surface area contributed by atoms with Crippen molar-refractivity contribution < 1.29 is 18.0 Å². The minimum absolute atomic E-state index is 0.00995. The molecule has 0 atom stereocenters. The monoisotopic (exact) mass is 400 g/mol. The largest absolute Gasteiger partial charge is 0.416 e. The standard InChI is InChI=1S/C15H12ClF3N6O2/c1-2-25-13-12(22-23-25)14(27)24(7-20-13)6-11(26)21-10-5-8(15(17,18)19)3-4-9(10)16/h3-5,7H,2,6H2,1H3,(H,21,26). The Balaban J connectivity index is 1.84. The normalized spacial score (nSPS) is 11.7. The number of carbonyl (C=O) groups excluding carboxylic acids is 1. The Hall–Kier alpha value is -2.95. The number of alkyl halides is 3. The van der Waals surface area contributed by atoms with Crippen LogP contribution < -0.4 is 10.9 Å². The molecule has 12 heteroatoms. The summed E-state index contributed by atoms with van der Waals surface area (Å²) in [5, 5.41) is 9.70. The molecule has 0 radical (unpaired) electrons. The van der Waals surface area contributed by atoms with Crippen LogP contribution in [0.25, 0.3) is 11.2 Å². The third-order valence-corrected chi connectivity index (χ3v) is 4.00. The van der Waals surface area contributed by atoms with Crippen LogP contribution in [0.5, 0.6) is 0 Å². The van der Waals surface area contributed by atoms with E-state index in [1.807, 2.05) is 0 Å². The average Bonchev–Trinajstić information content (AvgIpc) is 3.02. The lowest BCUT2D eigenvalue weighted by Gasteiger charge is -2.12. The van der Waals surface area contributed by atoms with Gasteiger partial charge in [0.25, 0.3) is 5.56 Å². The predicted molar refractivity (Wildman–Crippen MR) is 90.3 cm³/mol. The van der Waals surface area contributed by atoms with E-state index in [1.54, 1.807) is 6.92 Å². The first-order valence-electron chi connectivity index (χ1n) is 7.66. The molecule has 0 aliphatic rings. The van der Waals surface area contributed by atoms with Gasteiger partial charge >= 0.3 is 6.18 Å². The van der Waals surface area contributed by atoms with E-state index in [-0.39, 0.29) is 21.9 Å². The highest BCUT2D eigenvalue weighted by Crippen LogP contribution is 2.33. The van der Waals surface area contributed by atoms with Crippen molar-refractivity contribution in [3.63, 3.8) is 0 Å². The molecule has 3 aromatic rings. The quantitative estimate of drug-likeness (QED) is 0.725. The first-order valence-corrected chi connectivity index (χ1v) is 8.03. The van der Waals surface area contributed by atoms with Crippen molar-refractivity contribution in [1.29, 1.82) is 0 Å². The zero-order valence-electron chi connectivity index (χ0n) is 13.8. The summed E-state index contributed by atoms with van der Waals surface area (Å²) in [6, 6.07) is 2.55. The number of benzene rings is 1. The van der Waals surface area contributed by atoms with Crippen molar-refractivity contribution in [2.24, 2.45) is 0 Å². The van der Waals surface area contributed by atoms with Gasteiger partial charge in [0.05, 0.1) is 16.3 Å². The second-order valence-electron chi connectivity index (χ2n) is 5.50. The van der Waals surface area contributed by atoms with Crippen LogP contribution in [0.3, 0.4) is 0 Å². The zero-order chi connectivity index (χ0) is 19.8. The Labute approximate surface area is 154 Å². The number of nitrogens with zero attached hydrogens (tertiary/aromatic N) is 5. The minimum Gasteiger partial charge on any atom is -0.323 e. The van der Waals surface area contributed by atoms with Crippen LogP contribution >= 0.6 is 11.6 Å². The molecule has 0 aliphatic carbocycles. The third kappa shape index (κ3) is 3.77. The van der Waals surface area contributed by atoms with Gasteiger partial charge in [-0.15, -0.1) is 5.10 Å². The van der Waals surface area contributed by atoms with E-state index in [0.29, 0.717) is 6.54 Å². The lowest BCUT2D eigenvalue weighted by Crippen LogP contribution is -2.28. The van der Waals surface area contributed by atoms with Gasteiger partial charge in [0.15, 0.2) is 11.2 Å². The van der Waals surface area contributed by atoms with Crippen molar-refractivity contribution in [2.75, 3.05) is 5.32 Å². The van der Waals surface area contributed by atoms with Gasteiger partial charge in [0, 0.05) is 6.54 Å². The molecule has 1 N–H and O–H groups in total. The number of rotatable bonds is 4. The van der Waals surface area contributed by atoms with Gasteiger partial charge < -0.3 is 5.32 Å². The molecule has 0 saturated carbocycles. The summed E-state index contributed by atoms with van der Waals surface area (Å²) in [7, 11) is 0. The van der Waals surface area contributed by atoms with Gasteiger partial charge in [-0.3, -0.25) is 14.2 Å². The highest BCUT2D eigenvalue weighted by molar-refractivity contribution is 6.33. The number of amides is 1.